The Labute approximate surface area is 169 Å². The average Bonchev–Trinajstić information content (AvgIpc) is 3.35. The second-order valence-electron chi connectivity index (χ2n) is 7.37. The summed E-state index contributed by atoms with van der Waals surface area (Å²) in [6, 6.07) is 4.99. The van der Waals surface area contributed by atoms with E-state index in [1.54, 1.807) is 6.92 Å². The number of benzene rings is 1. The van der Waals surface area contributed by atoms with Gasteiger partial charge in [-0.15, -0.1) is 0 Å². The number of aromatic nitrogens is 2. The molecule has 2 aliphatic rings. The van der Waals surface area contributed by atoms with Gasteiger partial charge in [-0.3, -0.25) is 5.10 Å². The fourth-order valence-electron chi connectivity index (χ4n) is 3.44. The Kier molecular flexibility index (Phi) is 5.14. The quantitative estimate of drug-likeness (QED) is 0.757. The van der Waals surface area contributed by atoms with E-state index in [9.17, 15) is 8.42 Å². The lowest BCUT2D eigenvalue weighted by molar-refractivity contribution is 0.458. The smallest absolute Gasteiger partial charge is 0.242 e. The number of nitrogens with one attached hydrogen (secondary N) is 2. The summed E-state index contributed by atoms with van der Waals surface area (Å²) < 4.78 is 28.3. The molecule has 1 aromatic heterocycles. The lowest BCUT2D eigenvalue weighted by Crippen LogP contribution is -2.44. The first-order valence-corrected chi connectivity index (χ1v) is 11.4. The first-order valence-electron chi connectivity index (χ1n) is 9.12. The highest BCUT2D eigenvalue weighted by Gasteiger charge is 2.29. The van der Waals surface area contributed by atoms with Gasteiger partial charge in [-0.2, -0.15) is 5.10 Å². The van der Waals surface area contributed by atoms with E-state index >= 15 is 0 Å². The van der Waals surface area contributed by atoms with Crippen molar-refractivity contribution in [1.82, 2.24) is 14.9 Å². The van der Waals surface area contributed by atoms with Crippen LogP contribution in [0.1, 0.15) is 42.9 Å². The number of piperidine rings is 1. The highest BCUT2D eigenvalue weighted by atomic mass is 35.5. The molecule has 1 aliphatic carbocycles. The third-order valence-electron chi connectivity index (χ3n) is 5.24. The lowest BCUT2D eigenvalue weighted by atomic mass is 10.1. The molecule has 1 saturated carbocycles. The Hall–Kier alpha value is -1.28. The molecule has 0 spiro atoms. The molecule has 1 aromatic carbocycles. The van der Waals surface area contributed by atoms with E-state index in [4.69, 9.17) is 23.2 Å². The van der Waals surface area contributed by atoms with Gasteiger partial charge in [0.05, 0.1) is 5.02 Å². The van der Waals surface area contributed by atoms with Crippen LogP contribution in [0.25, 0.3) is 0 Å². The molecule has 6 nitrogen and oxygen atoms in total. The van der Waals surface area contributed by atoms with Crippen LogP contribution < -0.4 is 9.62 Å². The minimum absolute atomic E-state index is 0.0786. The van der Waals surface area contributed by atoms with E-state index < -0.39 is 10.0 Å². The summed E-state index contributed by atoms with van der Waals surface area (Å²) in [7, 11) is -3.69. The second-order valence-corrected chi connectivity index (χ2v) is 9.87. The van der Waals surface area contributed by atoms with Crippen LogP contribution in [0.15, 0.2) is 23.1 Å². The summed E-state index contributed by atoms with van der Waals surface area (Å²) in [5.41, 5.74) is 1.89. The maximum atomic E-state index is 12.8. The summed E-state index contributed by atoms with van der Waals surface area (Å²) in [5, 5.41) is 8.13. The summed E-state index contributed by atoms with van der Waals surface area (Å²) in [5.74, 6) is 1.60. The van der Waals surface area contributed by atoms with Gasteiger partial charge in [0.1, 0.15) is 4.90 Å². The number of anilines is 1. The Balaban J connectivity index is 1.40. The van der Waals surface area contributed by atoms with Crippen molar-refractivity contribution in [2.24, 2.45) is 0 Å². The van der Waals surface area contributed by atoms with E-state index in [-0.39, 0.29) is 16.0 Å². The fourth-order valence-corrected chi connectivity index (χ4v) is 5.57. The molecule has 27 heavy (non-hydrogen) atoms. The van der Waals surface area contributed by atoms with Crippen LogP contribution in [0, 0.1) is 6.92 Å². The number of sulfonamides is 1. The molecule has 1 saturated heterocycles. The molecule has 0 radical (unpaired) electrons. The van der Waals surface area contributed by atoms with E-state index in [1.165, 1.54) is 30.7 Å². The summed E-state index contributed by atoms with van der Waals surface area (Å²) in [6.45, 7) is 3.28. The van der Waals surface area contributed by atoms with Crippen LogP contribution in [0.4, 0.5) is 5.82 Å². The SMILES string of the molecule is Cc1cc(S(=O)(=O)NC2CCN(c3cc(C4CC4)[nH]n3)CC2)c(Cl)cc1Cl. The minimum atomic E-state index is -3.69. The van der Waals surface area contributed by atoms with Gasteiger partial charge in [0.2, 0.25) is 10.0 Å². The van der Waals surface area contributed by atoms with Gasteiger partial charge in [-0.05, 0) is 50.3 Å². The van der Waals surface area contributed by atoms with Crippen LogP contribution in [0.2, 0.25) is 10.0 Å². The van der Waals surface area contributed by atoms with Gasteiger partial charge in [-0.25, -0.2) is 13.1 Å². The molecule has 0 bridgehead atoms. The number of rotatable bonds is 5. The highest BCUT2D eigenvalue weighted by Crippen LogP contribution is 2.40. The van der Waals surface area contributed by atoms with Crippen molar-refractivity contribution in [3.63, 3.8) is 0 Å². The van der Waals surface area contributed by atoms with Crippen molar-refractivity contribution in [3.05, 3.63) is 39.5 Å². The van der Waals surface area contributed by atoms with Crippen LogP contribution in [0.5, 0.6) is 0 Å². The van der Waals surface area contributed by atoms with Gasteiger partial charge >= 0.3 is 0 Å². The van der Waals surface area contributed by atoms with Gasteiger partial charge < -0.3 is 4.90 Å². The maximum Gasteiger partial charge on any atom is 0.242 e. The molecule has 146 valence electrons. The average molecular weight is 429 g/mol. The molecule has 1 aliphatic heterocycles. The number of aryl methyl sites for hydroxylation is 1. The molecule has 2 fully saturated rings. The molecule has 2 aromatic rings. The first kappa shape index (κ1) is 19.1. The highest BCUT2D eigenvalue weighted by molar-refractivity contribution is 7.89. The Morgan fingerprint density at radius 1 is 1.11 bits per heavy atom. The maximum absolute atomic E-state index is 12.8. The zero-order valence-corrected chi connectivity index (χ0v) is 17.3. The van der Waals surface area contributed by atoms with Gasteiger partial charge in [0.15, 0.2) is 5.82 Å². The molecule has 0 amide bonds. The number of aromatic amines is 1. The molecule has 9 heteroatoms. The molecule has 4 rings (SSSR count). The number of nitrogens with zero attached hydrogens (tertiary/aromatic N) is 2. The Morgan fingerprint density at radius 2 is 1.81 bits per heavy atom. The molecule has 2 N–H and O–H groups in total. The number of hydrogen-bond acceptors (Lipinski definition) is 4. The summed E-state index contributed by atoms with van der Waals surface area (Å²) in [4.78, 5) is 2.28. The largest absolute Gasteiger partial charge is 0.355 e. The number of H-pyrrole nitrogens is 1. The number of hydrogen-bond donors (Lipinski definition) is 2. The predicted octanol–water partition coefficient (Wildman–Crippen LogP) is 3.85. The lowest BCUT2D eigenvalue weighted by Gasteiger charge is -2.32. The zero-order valence-electron chi connectivity index (χ0n) is 15.0. The standard InChI is InChI=1S/C18H22Cl2N4O2S/c1-11-8-17(15(20)9-14(11)19)27(25,26)23-13-4-6-24(7-5-13)18-10-16(21-22-18)12-2-3-12/h8-10,12-13,23H,2-7H2,1H3,(H,21,22). The molecular weight excluding hydrogens is 407 g/mol. The third kappa shape index (κ3) is 4.11. The minimum Gasteiger partial charge on any atom is -0.355 e. The van der Waals surface area contributed by atoms with E-state index in [0.29, 0.717) is 16.5 Å². The Morgan fingerprint density at radius 3 is 2.48 bits per heavy atom. The topological polar surface area (TPSA) is 78.1 Å². The first-order chi connectivity index (χ1) is 12.8. The molecular formula is C18H22Cl2N4O2S. The van der Waals surface area contributed by atoms with Gasteiger partial charge in [0.25, 0.3) is 0 Å². The molecule has 0 unspecified atom stereocenters. The second kappa shape index (κ2) is 7.28. The van der Waals surface area contributed by atoms with Crippen molar-refractivity contribution in [3.8, 4) is 0 Å². The van der Waals surface area contributed by atoms with Crippen LogP contribution in [-0.4, -0.2) is 37.7 Å². The van der Waals surface area contributed by atoms with Gasteiger partial charge in [-0.1, -0.05) is 23.2 Å². The predicted molar refractivity (Wildman–Crippen MR) is 107 cm³/mol. The summed E-state index contributed by atoms with van der Waals surface area (Å²) in [6.07, 6.45) is 3.90. The van der Waals surface area contributed by atoms with E-state index in [2.05, 4.69) is 25.9 Å². The van der Waals surface area contributed by atoms with Crippen molar-refractivity contribution in [1.29, 1.82) is 0 Å². The molecule has 2 heterocycles. The van der Waals surface area contributed by atoms with Crippen molar-refractivity contribution < 1.29 is 8.42 Å². The van der Waals surface area contributed by atoms with E-state index in [0.717, 1.165) is 31.7 Å². The van der Waals surface area contributed by atoms with Gasteiger partial charge in [0, 0.05) is 41.8 Å². The van der Waals surface area contributed by atoms with Crippen LogP contribution >= 0.6 is 23.2 Å². The van der Waals surface area contributed by atoms with Crippen molar-refractivity contribution in [2.75, 3.05) is 18.0 Å². The van der Waals surface area contributed by atoms with Crippen molar-refractivity contribution in [2.45, 2.75) is 49.5 Å². The fraction of sp³-hybridized carbons (Fsp3) is 0.500. The number of halogens is 2. The van der Waals surface area contributed by atoms with Crippen molar-refractivity contribution >= 4 is 39.0 Å². The molecule has 0 atom stereocenters. The Bertz CT molecular complexity index is 948. The zero-order chi connectivity index (χ0) is 19.2. The summed E-state index contributed by atoms with van der Waals surface area (Å²) >= 11 is 12.1. The monoisotopic (exact) mass is 428 g/mol. The van der Waals surface area contributed by atoms with E-state index in [1.807, 2.05) is 0 Å². The third-order valence-corrected chi connectivity index (χ3v) is 7.64. The van der Waals surface area contributed by atoms with Crippen LogP contribution in [0.3, 0.4) is 0 Å². The van der Waals surface area contributed by atoms with Crippen LogP contribution in [-0.2, 0) is 10.0 Å². The normalized spacial score (nSPS) is 18.9.